The molecule has 0 aromatic heterocycles. The molecule has 0 saturated carbocycles. The largest absolute Gasteiger partial charge is 0.0988 e. The van der Waals surface area contributed by atoms with Gasteiger partial charge in [-0.05, 0) is 71.7 Å². The first kappa shape index (κ1) is 14.6. The van der Waals surface area contributed by atoms with Gasteiger partial charge in [-0.1, -0.05) is 61.2 Å². The second-order valence-electron chi connectivity index (χ2n) is 5.93. The summed E-state index contributed by atoms with van der Waals surface area (Å²) in [7, 11) is 0. The molecule has 0 spiro atoms. The standard InChI is InChI=1S/C22H22/c1-4-18-13-14-19-10-7-8-12-21(19)22(17(18)3)15-20-11-6-5-9-16(20)2/h4-12,15H,1,13-14H2,2-3H3/b22-15+. The SMILES string of the molecule is C=CC1=C(C)/C(=C\c2ccccc2C)c2ccccc2CC1. The molecule has 22 heavy (non-hydrogen) atoms. The number of hydrogen-bond donors (Lipinski definition) is 0. The van der Waals surface area contributed by atoms with Crippen molar-refractivity contribution >= 4 is 11.6 Å². The van der Waals surface area contributed by atoms with Crippen LogP contribution in [0.1, 0.15) is 35.6 Å². The van der Waals surface area contributed by atoms with Gasteiger partial charge in [0.2, 0.25) is 0 Å². The second-order valence-corrected chi connectivity index (χ2v) is 5.93. The molecule has 0 bridgehead atoms. The maximum atomic E-state index is 4.01. The van der Waals surface area contributed by atoms with Gasteiger partial charge in [0.15, 0.2) is 0 Å². The molecule has 0 saturated heterocycles. The first-order valence-corrected chi connectivity index (χ1v) is 7.89. The van der Waals surface area contributed by atoms with E-state index < -0.39 is 0 Å². The third-order valence-corrected chi connectivity index (χ3v) is 4.59. The van der Waals surface area contributed by atoms with E-state index in [0.29, 0.717) is 0 Å². The summed E-state index contributed by atoms with van der Waals surface area (Å²) < 4.78 is 0. The Balaban J connectivity index is 2.24. The van der Waals surface area contributed by atoms with E-state index in [1.165, 1.54) is 39.0 Å². The van der Waals surface area contributed by atoms with Crippen LogP contribution >= 0.6 is 0 Å². The van der Waals surface area contributed by atoms with Crippen molar-refractivity contribution in [1.82, 2.24) is 0 Å². The lowest BCUT2D eigenvalue weighted by molar-refractivity contribution is 0.966. The van der Waals surface area contributed by atoms with Gasteiger partial charge >= 0.3 is 0 Å². The first-order chi connectivity index (χ1) is 10.7. The van der Waals surface area contributed by atoms with Gasteiger partial charge in [0, 0.05) is 0 Å². The molecule has 110 valence electrons. The lowest BCUT2D eigenvalue weighted by Crippen LogP contribution is -1.92. The highest BCUT2D eigenvalue weighted by Gasteiger charge is 2.16. The van der Waals surface area contributed by atoms with Crippen molar-refractivity contribution in [3.05, 3.63) is 94.6 Å². The predicted molar refractivity (Wildman–Crippen MR) is 96.7 cm³/mol. The highest BCUT2D eigenvalue weighted by atomic mass is 14.2. The molecule has 0 heterocycles. The van der Waals surface area contributed by atoms with Crippen molar-refractivity contribution in [2.45, 2.75) is 26.7 Å². The number of benzene rings is 2. The Labute approximate surface area is 133 Å². The van der Waals surface area contributed by atoms with Gasteiger partial charge in [-0.25, -0.2) is 0 Å². The maximum Gasteiger partial charge on any atom is -0.0143 e. The van der Waals surface area contributed by atoms with Crippen LogP contribution in [0, 0.1) is 6.92 Å². The van der Waals surface area contributed by atoms with Gasteiger partial charge in [-0.2, -0.15) is 0 Å². The molecule has 1 aliphatic rings. The predicted octanol–water partition coefficient (Wildman–Crippen LogP) is 5.98. The van der Waals surface area contributed by atoms with Crippen LogP contribution in [0.25, 0.3) is 11.6 Å². The summed E-state index contributed by atoms with van der Waals surface area (Å²) in [5, 5.41) is 0. The summed E-state index contributed by atoms with van der Waals surface area (Å²) in [4.78, 5) is 0. The average molecular weight is 286 g/mol. The smallest absolute Gasteiger partial charge is 0.0143 e. The van der Waals surface area contributed by atoms with Crippen molar-refractivity contribution in [1.29, 1.82) is 0 Å². The number of hydrogen-bond acceptors (Lipinski definition) is 0. The maximum absolute atomic E-state index is 4.01. The molecule has 0 nitrogen and oxygen atoms in total. The summed E-state index contributed by atoms with van der Waals surface area (Å²) in [5.41, 5.74) is 9.43. The topological polar surface area (TPSA) is 0 Å². The molecule has 1 aliphatic carbocycles. The third kappa shape index (κ3) is 2.69. The van der Waals surface area contributed by atoms with Crippen molar-refractivity contribution in [2.75, 3.05) is 0 Å². The second kappa shape index (κ2) is 6.19. The van der Waals surface area contributed by atoms with E-state index in [1.54, 1.807) is 0 Å². The Kier molecular flexibility index (Phi) is 4.11. The number of rotatable bonds is 2. The summed E-state index contributed by atoms with van der Waals surface area (Å²) in [6.07, 6.45) is 6.50. The highest BCUT2D eigenvalue weighted by Crippen LogP contribution is 2.35. The van der Waals surface area contributed by atoms with Crippen LogP contribution in [-0.4, -0.2) is 0 Å². The Morgan fingerprint density at radius 1 is 0.909 bits per heavy atom. The van der Waals surface area contributed by atoms with Crippen molar-refractivity contribution in [2.24, 2.45) is 0 Å². The molecule has 2 aromatic carbocycles. The quantitative estimate of drug-likeness (QED) is 0.636. The van der Waals surface area contributed by atoms with Crippen LogP contribution in [-0.2, 0) is 6.42 Å². The molecular formula is C22H22. The van der Waals surface area contributed by atoms with Gasteiger partial charge in [0.1, 0.15) is 0 Å². The number of fused-ring (bicyclic) bond motifs is 1. The normalized spacial score (nSPS) is 16.4. The molecule has 0 aliphatic heterocycles. The molecule has 0 heteroatoms. The van der Waals surface area contributed by atoms with E-state index in [9.17, 15) is 0 Å². The van der Waals surface area contributed by atoms with E-state index in [-0.39, 0.29) is 0 Å². The van der Waals surface area contributed by atoms with E-state index >= 15 is 0 Å². The van der Waals surface area contributed by atoms with Crippen molar-refractivity contribution < 1.29 is 0 Å². The Morgan fingerprint density at radius 3 is 2.41 bits per heavy atom. The van der Waals surface area contributed by atoms with Crippen LogP contribution in [0.4, 0.5) is 0 Å². The van der Waals surface area contributed by atoms with Crippen LogP contribution in [0.5, 0.6) is 0 Å². The molecule has 2 aromatic rings. The van der Waals surface area contributed by atoms with E-state index in [4.69, 9.17) is 0 Å². The van der Waals surface area contributed by atoms with Crippen molar-refractivity contribution in [3.8, 4) is 0 Å². The zero-order valence-corrected chi connectivity index (χ0v) is 13.4. The summed E-state index contributed by atoms with van der Waals surface area (Å²) in [6.45, 7) is 8.41. The average Bonchev–Trinajstić information content (AvgIpc) is 2.67. The molecule has 0 atom stereocenters. The minimum atomic E-state index is 1.07. The minimum absolute atomic E-state index is 1.07. The third-order valence-electron chi connectivity index (χ3n) is 4.59. The zero-order valence-electron chi connectivity index (χ0n) is 13.4. The number of aryl methyl sites for hydroxylation is 2. The summed E-state index contributed by atoms with van der Waals surface area (Å²) in [6, 6.07) is 17.3. The minimum Gasteiger partial charge on any atom is -0.0988 e. The van der Waals surface area contributed by atoms with Crippen LogP contribution in [0.2, 0.25) is 0 Å². The molecule has 0 fully saturated rings. The summed E-state index contributed by atoms with van der Waals surface area (Å²) >= 11 is 0. The van der Waals surface area contributed by atoms with Gasteiger partial charge < -0.3 is 0 Å². The molecule has 3 rings (SSSR count). The van der Waals surface area contributed by atoms with Gasteiger partial charge in [-0.15, -0.1) is 0 Å². The van der Waals surface area contributed by atoms with Gasteiger partial charge in [0.25, 0.3) is 0 Å². The van der Waals surface area contributed by atoms with Crippen LogP contribution in [0.3, 0.4) is 0 Å². The van der Waals surface area contributed by atoms with Gasteiger partial charge in [-0.3, -0.25) is 0 Å². The fourth-order valence-corrected chi connectivity index (χ4v) is 3.18. The Hall–Kier alpha value is -2.34. The zero-order chi connectivity index (χ0) is 15.5. The molecule has 0 N–H and O–H groups in total. The van der Waals surface area contributed by atoms with Crippen LogP contribution < -0.4 is 0 Å². The summed E-state index contributed by atoms with van der Waals surface area (Å²) in [5.74, 6) is 0. The molecule has 0 unspecified atom stereocenters. The highest BCUT2D eigenvalue weighted by molar-refractivity contribution is 5.93. The lowest BCUT2D eigenvalue weighted by atomic mass is 9.92. The molecule has 0 radical (unpaired) electrons. The van der Waals surface area contributed by atoms with E-state index in [2.05, 4.69) is 75.0 Å². The van der Waals surface area contributed by atoms with Crippen molar-refractivity contribution in [3.63, 3.8) is 0 Å². The first-order valence-electron chi connectivity index (χ1n) is 7.89. The Morgan fingerprint density at radius 2 is 1.64 bits per heavy atom. The lowest BCUT2D eigenvalue weighted by Gasteiger charge is -2.12. The van der Waals surface area contributed by atoms with E-state index in [1.807, 2.05) is 6.08 Å². The van der Waals surface area contributed by atoms with Gasteiger partial charge in [0.05, 0.1) is 0 Å². The molecule has 0 amide bonds. The van der Waals surface area contributed by atoms with Crippen LogP contribution in [0.15, 0.2) is 72.3 Å². The van der Waals surface area contributed by atoms with E-state index in [0.717, 1.165) is 12.8 Å². The monoisotopic (exact) mass is 286 g/mol. The molecular weight excluding hydrogens is 264 g/mol. The Bertz CT molecular complexity index is 772. The fourth-order valence-electron chi connectivity index (χ4n) is 3.18. The fraction of sp³-hybridized carbons (Fsp3) is 0.182. The number of allylic oxidation sites excluding steroid dienone is 4.